The molecule has 0 aliphatic carbocycles. The number of pyridine rings is 2. The summed E-state index contributed by atoms with van der Waals surface area (Å²) in [7, 11) is 0. The van der Waals surface area contributed by atoms with Crippen LogP contribution in [0.4, 0.5) is 10.5 Å². The van der Waals surface area contributed by atoms with Crippen LogP contribution in [0.5, 0.6) is 11.5 Å². The van der Waals surface area contributed by atoms with Gasteiger partial charge in [-0.15, -0.1) is 0 Å². The number of aromatic nitrogens is 2. The van der Waals surface area contributed by atoms with Gasteiger partial charge in [0.15, 0.2) is 0 Å². The lowest BCUT2D eigenvalue weighted by Crippen LogP contribution is -2.34. The fourth-order valence-electron chi connectivity index (χ4n) is 3.20. The van der Waals surface area contributed by atoms with Crippen LogP contribution in [0.25, 0.3) is 0 Å². The van der Waals surface area contributed by atoms with E-state index < -0.39 is 0 Å². The van der Waals surface area contributed by atoms with Gasteiger partial charge in [-0.05, 0) is 65.7 Å². The van der Waals surface area contributed by atoms with E-state index in [0.29, 0.717) is 35.8 Å². The summed E-state index contributed by atoms with van der Waals surface area (Å²) in [6.07, 6.45) is 6.87. The van der Waals surface area contributed by atoms with Crippen LogP contribution in [-0.4, -0.2) is 20.9 Å². The first-order chi connectivity index (χ1) is 16.2. The molecule has 0 saturated heterocycles. The van der Waals surface area contributed by atoms with Crippen LogP contribution in [0.2, 0.25) is 0 Å². The summed E-state index contributed by atoms with van der Waals surface area (Å²) < 4.78 is 5.81. The molecule has 2 aromatic carbocycles. The zero-order chi connectivity index (χ0) is 22.9. The average molecular weight is 435 g/mol. The fraction of sp³-hybridized carbons (Fsp3) is 0.0769. The SMILES string of the molecule is N#Cc1ccccc1Oc1ccc(NC(=O)N(Cc2ccncc2)Cc2cccnc2)cc1. The third-order valence-electron chi connectivity index (χ3n) is 4.85. The molecule has 0 radical (unpaired) electrons. The molecule has 0 aliphatic rings. The summed E-state index contributed by atoms with van der Waals surface area (Å²) in [4.78, 5) is 23.0. The zero-order valence-corrected chi connectivity index (χ0v) is 17.8. The predicted molar refractivity (Wildman–Crippen MR) is 124 cm³/mol. The van der Waals surface area contributed by atoms with Gasteiger partial charge in [-0.2, -0.15) is 5.26 Å². The van der Waals surface area contributed by atoms with Gasteiger partial charge in [0.25, 0.3) is 0 Å². The Balaban J connectivity index is 1.46. The number of amides is 2. The highest BCUT2D eigenvalue weighted by Crippen LogP contribution is 2.26. The average Bonchev–Trinajstić information content (AvgIpc) is 2.86. The number of para-hydroxylation sites is 1. The van der Waals surface area contributed by atoms with E-state index in [9.17, 15) is 10.1 Å². The third-order valence-corrected chi connectivity index (χ3v) is 4.85. The molecular weight excluding hydrogens is 414 g/mol. The maximum absolute atomic E-state index is 13.1. The molecule has 2 heterocycles. The maximum atomic E-state index is 13.1. The van der Waals surface area contributed by atoms with Gasteiger partial charge < -0.3 is 15.0 Å². The van der Waals surface area contributed by atoms with E-state index in [-0.39, 0.29) is 6.03 Å². The molecule has 162 valence electrons. The van der Waals surface area contributed by atoms with Crippen LogP contribution in [0, 0.1) is 11.3 Å². The lowest BCUT2D eigenvalue weighted by Gasteiger charge is -2.23. The van der Waals surface area contributed by atoms with Gasteiger partial charge >= 0.3 is 6.03 Å². The monoisotopic (exact) mass is 435 g/mol. The number of nitriles is 1. The summed E-state index contributed by atoms with van der Waals surface area (Å²) >= 11 is 0. The number of hydrogen-bond donors (Lipinski definition) is 1. The smallest absolute Gasteiger partial charge is 0.322 e. The summed E-state index contributed by atoms with van der Waals surface area (Å²) in [6.45, 7) is 0.837. The van der Waals surface area contributed by atoms with Crippen molar-refractivity contribution in [1.82, 2.24) is 14.9 Å². The second kappa shape index (κ2) is 10.6. The van der Waals surface area contributed by atoms with Crippen molar-refractivity contribution < 1.29 is 9.53 Å². The molecular formula is C26H21N5O2. The lowest BCUT2D eigenvalue weighted by atomic mass is 10.2. The number of rotatable bonds is 7. The molecule has 0 aliphatic heterocycles. The van der Waals surface area contributed by atoms with Crippen molar-refractivity contribution in [2.24, 2.45) is 0 Å². The van der Waals surface area contributed by atoms with Gasteiger partial charge in [0.2, 0.25) is 0 Å². The highest BCUT2D eigenvalue weighted by molar-refractivity contribution is 5.89. The highest BCUT2D eigenvalue weighted by atomic mass is 16.5. The second-order valence-corrected chi connectivity index (χ2v) is 7.24. The molecule has 0 saturated carbocycles. The summed E-state index contributed by atoms with van der Waals surface area (Å²) in [5.41, 5.74) is 2.99. The Hall–Kier alpha value is -4.70. The van der Waals surface area contributed by atoms with Crippen molar-refractivity contribution in [1.29, 1.82) is 5.26 Å². The number of carbonyl (C=O) groups excluding carboxylic acids is 1. The van der Waals surface area contributed by atoms with Gasteiger partial charge in [-0.1, -0.05) is 18.2 Å². The Morgan fingerprint density at radius 2 is 1.64 bits per heavy atom. The number of benzene rings is 2. The first kappa shape index (κ1) is 21.5. The van der Waals surface area contributed by atoms with Gasteiger partial charge in [0, 0.05) is 43.6 Å². The molecule has 1 N–H and O–H groups in total. The quantitative estimate of drug-likeness (QED) is 0.421. The van der Waals surface area contributed by atoms with Crippen LogP contribution >= 0.6 is 0 Å². The third kappa shape index (κ3) is 5.93. The first-order valence-electron chi connectivity index (χ1n) is 10.3. The summed E-state index contributed by atoms with van der Waals surface area (Å²) in [5.74, 6) is 1.05. The Kier molecular flexibility index (Phi) is 6.88. The zero-order valence-electron chi connectivity index (χ0n) is 17.8. The largest absolute Gasteiger partial charge is 0.456 e. The van der Waals surface area contributed by atoms with E-state index >= 15 is 0 Å². The Morgan fingerprint density at radius 1 is 0.879 bits per heavy atom. The molecule has 0 spiro atoms. The molecule has 7 nitrogen and oxygen atoms in total. The van der Waals surface area contributed by atoms with E-state index in [1.807, 2.05) is 30.3 Å². The minimum absolute atomic E-state index is 0.237. The van der Waals surface area contributed by atoms with Crippen LogP contribution in [0.1, 0.15) is 16.7 Å². The molecule has 2 aromatic heterocycles. The minimum atomic E-state index is -0.237. The molecule has 4 rings (SSSR count). The Bertz CT molecular complexity index is 1200. The first-order valence-corrected chi connectivity index (χ1v) is 10.3. The van der Waals surface area contributed by atoms with Crippen LogP contribution < -0.4 is 10.1 Å². The highest BCUT2D eigenvalue weighted by Gasteiger charge is 2.15. The molecule has 0 atom stereocenters. The molecule has 7 heteroatoms. The minimum Gasteiger partial charge on any atom is -0.456 e. The van der Waals surface area contributed by atoms with E-state index in [4.69, 9.17) is 4.74 Å². The van der Waals surface area contributed by atoms with Gasteiger partial charge in [0.1, 0.15) is 17.6 Å². The van der Waals surface area contributed by atoms with Gasteiger partial charge in [-0.3, -0.25) is 9.97 Å². The molecule has 2 amide bonds. The molecule has 0 unspecified atom stereocenters. The fourth-order valence-corrected chi connectivity index (χ4v) is 3.20. The number of ether oxygens (including phenoxy) is 1. The standard InChI is InChI=1S/C26H21N5O2/c27-16-22-5-1-2-6-25(22)33-24-9-7-23(8-10-24)30-26(32)31(18-20-11-14-28-15-12-20)19-21-4-3-13-29-17-21/h1-15,17H,18-19H2,(H,30,32). The van der Waals surface area contributed by atoms with Gasteiger partial charge in [0.05, 0.1) is 5.56 Å². The number of carbonyl (C=O) groups is 1. The van der Waals surface area contributed by atoms with E-state index in [2.05, 4.69) is 21.4 Å². The molecule has 0 bridgehead atoms. The number of nitrogens with one attached hydrogen (secondary N) is 1. The van der Waals surface area contributed by atoms with Crippen molar-refractivity contribution in [3.63, 3.8) is 0 Å². The second-order valence-electron chi connectivity index (χ2n) is 7.24. The number of hydrogen-bond acceptors (Lipinski definition) is 5. The van der Waals surface area contributed by atoms with Gasteiger partial charge in [-0.25, -0.2) is 4.79 Å². The van der Waals surface area contributed by atoms with Crippen molar-refractivity contribution >= 4 is 11.7 Å². The lowest BCUT2D eigenvalue weighted by molar-refractivity contribution is 0.206. The topological polar surface area (TPSA) is 91.1 Å². The predicted octanol–water partition coefficient (Wildman–Crippen LogP) is 5.37. The van der Waals surface area contributed by atoms with Crippen molar-refractivity contribution in [2.75, 3.05) is 5.32 Å². The summed E-state index contributed by atoms with van der Waals surface area (Å²) in [5, 5.41) is 12.2. The van der Waals surface area contributed by atoms with Crippen LogP contribution in [0.3, 0.4) is 0 Å². The van der Waals surface area contributed by atoms with E-state index in [0.717, 1.165) is 11.1 Å². The number of anilines is 1. The Morgan fingerprint density at radius 3 is 2.36 bits per heavy atom. The van der Waals surface area contributed by atoms with Crippen molar-refractivity contribution in [3.8, 4) is 17.6 Å². The normalized spacial score (nSPS) is 10.2. The van der Waals surface area contributed by atoms with E-state index in [1.165, 1.54) is 0 Å². The maximum Gasteiger partial charge on any atom is 0.322 e. The van der Waals surface area contributed by atoms with E-state index in [1.54, 1.807) is 72.2 Å². The molecule has 4 aromatic rings. The summed E-state index contributed by atoms with van der Waals surface area (Å²) in [6, 6.07) is 23.5. The number of nitrogens with zero attached hydrogens (tertiary/aromatic N) is 4. The number of urea groups is 1. The van der Waals surface area contributed by atoms with Crippen molar-refractivity contribution in [3.05, 3.63) is 114 Å². The molecule has 33 heavy (non-hydrogen) atoms. The molecule has 0 fully saturated rings. The van der Waals surface area contributed by atoms with Crippen LogP contribution in [0.15, 0.2) is 97.6 Å². The Labute approximate surface area is 191 Å². The van der Waals surface area contributed by atoms with Crippen LogP contribution in [-0.2, 0) is 13.1 Å². The van der Waals surface area contributed by atoms with Crippen molar-refractivity contribution in [2.45, 2.75) is 13.1 Å².